The summed E-state index contributed by atoms with van der Waals surface area (Å²) >= 11 is 0. The number of nitrogens with zero attached hydrogens (tertiary/aromatic N) is 1. The van der Waals surface area contributed by atoms with Crippen molar-refractivity contribution in [2.75, 3.05) is 17.2 Å². The second-order valence-electron chi connectivity index (χ2n) is 5.79. The molecule has 1 heterocycles. The minimum atomic E-state index is 0.146. The number of rotatable bonds is 2. The van der Waals surface area contributed by atoms with Gasteiger partial charge in [0.05, 0.1) is 6.42 Å². The zero-order valence-electron chi connectivity index (χ0n) is 12.5. The number of nitrogens with two attached hydrogens (primary N) is 1. The number of carbonyl (C=O) groups excluding carboxylic acids is 1. The van der Waals surface area contributed by atoms with Crippen molar-refractivity contribution in [1.82, 2.24) is 0 Å². The predicted octanol–water partition coefficient (Wildman–Crippen LogP) is 3.02. The molecule has 1 amide bonds. The standard InChI is InChI=1S/C18H20N2O/c1-12-3-4-13(2)15(9-12)10-18(21)20-8-7-14-5-6-16(19)11-17(14)20/h3-6,9,11H,7-8,10,19H2,1-2H3. The van der Waals surface area contributed by atoms with Crippen molar-refractivity contribution in [3.63, 3.8) is 0 Å². The van der Waals surface area contributed by atoms with Crippen LogP contribution in [-0.2, 0) is 17.6 Å². The molecule has 0 spiro atoms. The molecule has 108 valence electrons. The van der Waals surface area contributed by atoms with Gasteiger partial charge in [-0.05, 0) is 49.1 Å². The summed E-state index contributed by atoms with van der Waals surface area (Å²) < 4.78 is 0. The van der Waals surface area contributed by atoms with Gasteiger partial charge in [-0.3, -0.25) is 4.79 Å². The van der Waals surface area contributed by atoms with Gasteiger partial charge in [0.2, 0.25) is 5.91 Å². The van der Waals surface area contributed by atoms with Crippen LogP contribution in [0.3, 0.4) is 0 Å². The van der Waals surface area contributed by atoms with E-state index >= 15 is 0 Å². The third-order valence-electron chi connectivity index (χ3n) is 4.15. The minimum Gasteiger partial charge on any atom is -0.399 e. The first-order valence-corrected chi connectivity index (χ1v) is 7.29. The number of benzene rings is 2. The van der Waals surface area contributed by atoms with E-state index in [9.17, 15) is 4.79 Å². The number of carbonyl (C=O) groups is 1. The Morgan fingerprint density at radius 1 is 1.19 bits per heavy atom. The number of fused-ring (bicyclic) bond motifs is 1. The third kappa shape index (κ3) is 2.64. The van der Waals surface area contributed by atoms with Crippen molar-refractivity contribution in [3.05, 3.63) is 58.7 Å². The molecule has 0 aliphatic carbocycles. The van der Waals surface area contributed by atoms with Gasteiger partial charge in [-0.1, -0.05) is 29.8 Å². The van der Waals surface area contributed by atoms with Crippen LogP contribution in [0.1, 0.15) is 22.3 Å². The Balaban J connectivity index is 1.85. The summed E-state index contributed by atoms with van der Waals surface area (Å²) in [6.07, 6.45) is 1.36. The number of anilines is 2. The molecular weight excluding hydrogens is 260 g/mol. The molecule has 2 aromatic carbocycles. The fraction of sp³-hybridized carbons (Fsp3) is 0.278. The second kappa shape index (κ2) is 5.24. The van der Waals surface area contributed by atoms with Gasteiger partial charge >= 0.3 is 0 Å². The molecule has 3 rings (SSSR count). The van der Waals surface area contributed by atoms with Crippen LogP contribution in [0.15, 0.2) is 36.4 Å². The molecule has 0 saturated carbocycles. The summed E-state index contributed by atoms with van der Waals surface area (Å²) in [5, 5.41) is 0. The number of nitrogen functional groups attached to an aromatic ring is 1. The SMILES string of the molecule is Cc1ccc(C)c(CC(=O)N2CCc3ccc(N)cc32)c1. The summed E-state index contributed by atoms with van der Waals surface area (Å²) in [5.41, 5.74) is 12.2. The maximum absolute atomic E-state index is 12.6. The van der Waals surface area contributed by atoms with Crippen LogP contribution in [0.2, 0.25) is 0 Å². The van der Waals surface area contributed by atoms with Crippen molar-refractivity contribution in [3.8, 4) is 0 Å². The Hall–Kier alpha value is -2.29. The highest BCUT2D eigenvalue weighted by atomic mass is 16.2. The molecule has 0 unspecified atom stereocenters. The average Bonchev–Trinajstić information content (AvgIpc) is 2.85. The van der Waals surface area contributed by atoms with Gasteiger partial charge in [0, 0.05) is 17.9 Å². The molecule has 1 aliphatic heterocycles. The van der Waals surface area contributed by atoms with Crippen molar-refractivity contribution < 1.29 is 4.79 Å². The minimum absolute atomic E-state index is 0.146. The lowest BCUT2D eigenvalue weighted by Crippen LogP contribution is -2.30. The van der Waals surface area contributed by atoms with Crippen molar-refractivity contribution in [1.29, 1.82) is 0 Å². The number of hydrogen-bond acceptors (Lipinski definition) is 2. The largest absolute Gasteiger partial charge is 0.399 e. The first-order valence-electron chi connectivity index (χ1n) is 7.29. The van der Waals surface area contributed by atoms with Crippen molar-refractivity contribution >= 4 is 17.3 Å². The second-order valence-corrected chi connectivity index (χ2v) is 5.79. The quantitative estimate of drug-likeness (QED) is 0.860. The van der Waals surface area contributed by atoms with E-state index in [4.69, 9.17) is 5.73 Å². The average molecular weight is 280 g/mol. The molecule has 0 radical (unpaired) electrons. The van der Waals surface area contributed by atoms with Crippen LogP contribution in [-0.4, -0.2) is 12.5 Å². The molecule has 0 aromatic heterocycles. The van der Waals surface area contributed by atoms with E-state index in [0.717, 1.165) is 24.2 Å². The van der Waals surface area contributed by atoms with Gasteiger partial charge in [0.1, 0.15) is 0 Å². The number of amides is 1. The van der Waals surface area contributed by atoms with E-state index < -0.39 is 0 Å². The zero-order chi connectivity index (χ0) is 15.0. The van der Waals surface area contributed by atoms with E-state index in [1.54, 1.807) is 0 Å². The summed E-state index contributed by atoms with van der Waals surface area (Å²) in [4.78, 5) is 14.5. The summed E-state index contributed by atoms with van der Waals surface area (Å²) in [6, 6.07) is 12.1. The number of aryl methyl sites for hydroxylation is 2. The molecule has 2 aromatic rings. The predicted molar refractivity (Wildman–Crippen MR) is 86.5 cm³/mol. The Labute approximate surface area is 125 Å². The summed E-state index contributed by atoms with van der Waals surface area (Å²) in [6.45, 7) is 4.86. The van der Waals surface area contributed by atoms with Crippen molar-refractivity contribution in [2.24, 2.45) is 0 Å². The van der Waals surface area contributed by atoms with Crippen LogP contribution in [0, 0.1) is 13.8 Å². The van der Waals surface area contributed by atoms with Crippen LogP contribution < -0.4 is 10.6 Å². The fourth-order valence-corrected chi connectivity index (χ4v) is 2.90. The molecule has 0 saturated heterocycles. The molecule has 0 bridgehead atoms. The molecule has 3 heteroatoms. The molecule has 2 N–H and O–H groups in total. The van der Waals surface area contributed by atoms with Crippen LogP contribution in [0.4, 0.5) is 11.4 Å². The van der Waals surface area contributed by atoms with E-state index in [1.165, 1.54) is 16.7 Å². The summed E-state index contributed by atoms with van der Waals surface area (Å²) in [7, 11) is 0. The van der Waals surface area contributed by atoms with Crippen molar-refractivity contribution in [2.45, 2.75) is 26.7 Å². The van der Waals surface area contributed by atoms with Crippen LogP contribution >= 0.6 is 0 Å². The Morgan fingerprint density at radius 3 is 2.81 bits per heavy atom. The normalized spacial score (nSPS) is 13.3. The van der Waals surface area contributed by atoms with Crippen LogP contribution in [0.25, 0.3) is 0 Å². The van der Waals surface area contributed by atoms with Crippen LogP contribution in [0.5, 0.6) is 0 Å². The monoisotopic (exact) mass is 280 g/mol. The lowest BCUT2D eigenvalue weighted by atomic mass is 10.0. The molecule has 0 atom stereocenters. The molecule has 0 fully saturated rings. The fourth-order valence-electron chi connectivity index (χ4n) is 2.90. The Morgan fingerprint density at radius 2 is 2.00 bits per heavy atom. The first kappa shape index (κ1) is 13.7. The topological polar surface area (TPSA) is 46.3 Å². The Kier molecular flexibility index (Phi) is 3.42. The number of hydrogen-bond donors (Lipinski definition) is 1. The maximum atomic E-state index is 12.6. The van der Waals surface area contributed by atoms with Gasteiger partial charge in [-0.25, -0.2) is 0 Å². The highest BCUT2D eigenvalue weighted by Crippen LogP contribution is 2.30. The lowest BCUT2D eigenvalue weighted by molar-refractivity contribution is -0.117. The summed E-state index contributed by atoms with van der Waals surface area (Å²) in [5.74, 6) is 0.146. The highest BCUT2D eigenvalue weighted by molar-refractivity contribution is 5.97. The van der Waals surface area contributed by atoms with Gasteiger partial charge in [0.15, 0.2) is 0 Å². The molecule has 1 aliphatic rings. The lowest BCUT2D eigenvalue weighted by Gasteiger charge is -2.18. The maximum Gasteiger partial charge on any atom is 0.231 e. The molecular formula is C18H20N2O. The van der Waals surface area contributed by atoms with Gasteiger partial charge in [0.25, 0.3) is 0 Å². The van der Waals surface area contributed by atoms with Gasteiger partial charge < -0.3 is 10.6 Å². The van der Waals surface area contributed by atoms with E-state index in [1.807, 2.05) is 23.1 Å². The van der Waals surface area contributed by atoms with Gasteiger partial charge in [-0.2, -0.15) is 0 Å². The van der Waals surface area contributed by atoms with E-state index in [-0.39, 0.29) is 5.91 Å². The van der Waals surface area contributed by atoms with E-state index in [2.05, 4.69) is 32.0 Å². The molecule has 3 nitrogen and oxygen atoms in total. The third-order valence-corrected chi connectivity index (χ3v) is 4.15. The molecule has 21 heavy (non-hydrogen) atoms. The first-order chi connectivity index (χ1) is 10.0. The highest BCUT2D eigenvalue weighted by Gasteiger charge is 2.24. The smallest absolute Gasteiger partial charge is 0.231 e. The Bertz CT molecular complexity index is 706. The van der Waals surface area contributed by atoms with Gasteiger partial charge in [-0.15, -0.1) is 0 Å². The zero-order valence-corrected chi connectivity index (χ0v) is 12.5. The van der Waals surface area contributed by atoms with E-state index in [0.29, 0.717) is 12.1 Å².